The van der Waals surface area contributed by atoms with Gasteiger partial charge in [-0.2, -0.15) is 0 Å². The van der Waals surface area contributed by atoms with Gasteiger partial charge < -0.3 is 10.4 Å². The van der Waals surface area contributed by atoms with E-state index < -0.39 is 5.60 Å². The number of rotatable bonds is 4. The highest BCUT2D eigenvalue weighted by molar-refractivity contribution is 5.85. The van der Waals surface area contributed by atoms with Crippen LogP contribution in [0.2, 0.25) is 0 Å². The van der Waals surface area contributed by atoms with E-state index in [1.54, 1.807) is 6.92 Å². The molecule has 2 atom stereocenters. The van der Waals surface area contributed by atoms with Gasteiger partial charge >= 0.3 is 0 Å². The summed E-state index contributed by atoms with van der Waals surface area (Å²) in [6, 6.07) is 0.118. The van der Waals surface area contributed by atoms with Crippen LogP contribution in [-0.4, -0.2) is 22.7 Å². The van der Waals surface area contributed by atoms with Crippen LogP contribution in [-0.2, 0) is 4.79 Å². The Kier molecular flexibility index (Phi) is 3.20. The first-order chi connectivity index (χ1) is 6.35. The molecule has 1 saturated carbocycles. The van der Waals surface area contributed by atoms with Crippen LogP contribution in [0.3, 0.4) is 0 Å². The summed E-state index contributed by atoms with van der Waals surface area (Å²) in [6.45, 7) is 7.69. The smallest absolute Gasteiger partial charge is 0.252 e. The molecular weight excluding hydrogens is 178 g/mol. The van der Waals surface area contributed by atoms with Gasteiger partial charge in [-0.05, 0) is 38.5 Å². The third kappa shape index (κ3) is 2.47. The van der Waals surface area contributed by atoms with Crippen molar-refractivity contribution in [2.75, 3.05) is 0 Å². The zero-order valence-corrected chi connectivity index (χ0v) is 9.50. The Morgan fingerprint density at radius 3 is 2.29 bits per heavy atom. The van der Waals surface area contributed by atoms with Crippen molar-refractivity contribution >= 4 is 5.91 Å². The largest absolute Gasteiger partial charge is 0.380 e. The van der Waals surface area contributed by atoms with E-state index in [1.807, 2.05) is 6.92 Å². The maximum atomic E-state index is 11.7. The van der Waals surface area contributed by atoms with Crippen LogP contribution in [0.5, 0.6) is 0 Å². The number of hydrogen-bond acceptors (Lipinski definition) is 2. The van der Waals surface area contributed by atoms with Crippen LogP contribution in [0.25, 0.3) is 0 Å². The molecule has 1 aliphatic rings. The maximum absolute atomic E-state index is 11.7. The minimum atomic E-state index is -1.16. The standard InChI is InChI=1S/C11H21NO2/c1-7(2)8(3)12-10(13)11(4,14)9-5-6-9/h7-9,14H,5-6H2,1-4H3,(H,12,13)/t8-,11?/m1/s1. The van der Waals surface area contributed by atoms with E-state index in [9.17, 15) is 9.90 Å². The van der Waals surface area contributed by atoms with Crippen LogP contribution in [0.1, 0.15) is 40.5 Å². The van der Waals surface area contributed by atoms with E-state index in [2.05, 4.69) is 19.2 Å². The molecule has 0 radical (unpaired) electrons. The molecule has 1 fully saturated rings. The lowest BCUT2D eigenvalue weighted by atomic mass is 9.98. The fourth-order valence-electron chi connectivity index (χ4n) is 1.35. The Hall–Kier alpha value is -0.570. The van der Waals surface area contributed by atoms with Gasteiger partial charge in [-0.15, -0.1) is 0 Å². The number of hydrogen-bond donors (Lipinski definition) is 2. The summed E-state index contributed by atoms with van der Waals surface area (Å²) in [6.07, 6.45) is 1.94. The predicted octanol–water partition coefficient (Wildman–Crippen LogP) is 1.31. The molecule has 1 aliphatic carbocycles. The average molecular weight is 199 g/mol. The lowest BCUT2D eigenvalue weighted by molar-refractivity contribution is -0.141. The van der Waals surface area contributed by atoms with Crippen LogP contribution < -0.4 is 5.32 Å². The van der Waals surface area contributed by atoms with Gasteiger partial charge in [0.05, 0.1) is 0 Å². The van der Waals surface area contributed by atoms with Crippen molar-refractivity contribution in [1.29, 1.82) is 0 Å². The van der Waals surface area contributed by atoms with E-state index in [1.165, 1.54) is 0 Å². The van der Waals surface area contributed by atoms with Crippen molar-refractivity contribution in [2.24, 2.45) is 11.8 Å². The SMILES string of the molecule is CC(C)[C@@H](C)NC(=O)C(C)(O)C1CC1. The lowest BCUT2D eigenvalue weighted by Gasteiger charge is -2.26. The third-order valence-corrected chi connectivity index (χ3v) is 3.19. The fourth-order valence-corrected chi connectivity index (χ4v) is 1.35. The van der Waals surface area contributed by atoms with Crippen molar-refractivity contribution in [2.45, 2.75) is 52.2 Å². The molecule has 0 aromatic rings. The van der Waals surface area contributed by atoms with E-state index in [0.29, 0.717) is 5.92 Å². The Balaban J connectivity index is 2.48. The Labute approximate surface area is 85.9 Å². The highest BCUT2D eigenvalue weighted by Crippen LogP contribution is 2.39. The molecule has 0 saturated heterocycles. The zero-order valence-electron chi connectivity index (χ0n) is 9.50. The molecule has 3 nitrogen and oxygen atoms in total. The fraction of sp³-hybridized carbons (Fsp3) is 0.909. The van der Waals surface area contributed by atoms with Crippen LogP contribution in [0.15, 0.2) is 0 Å². The van der Waals surface area contributed by atoms with Gasteiger partial charge in [0.2, 0.25) is 0 Å². The van der Waals surface area contributed by atoms with Gasteiger partial charge in [0, 0.05) is 6.04 Å². The molecule has 0 aliphatic heterocycles. The molecule has 1 unspecified atom stereocenters. The van der Waals surface area contributed by atoms with Crippen molar-refractivity contribution < 1.29 is 9.90 Å². The molecule has 0 aromatic carbocycles. The quantitative estimate of drug-likeness (QED) is 0.717. The number of nitrogens with one attached hydrogen (secondary N) is 1. The van der Waals surface area contributed by atoms with Crippen molar-refractivity contribution in [3.8, 4) is 0 Å². The average Bonchev–Trinajstić information content (AvgIpc) is 2.85. The highest BCUT2D eigenvalue weighted by Gasteiger charge is 2.45. The van der Waals surface area contributed by atoms with Gasteiger partial charge in [0.25, 0.3) is 5.91 Å². The maximum Gasteiger partial charge on any atom is 0.252 e. The summed E-state index contributed by atoms with van der Waals surface area (Å²) in [4.78, 5) is 11.7. The number of amides is 1. The predicted molar refractivity (Wildman–Crippen MR) is 55.8 cm³/mol. The van der Waals surface area contributed by atoms with Gasteiger partial charge in [-0.1, -0.05) is 13.8 Å². The van der Waals surface area contributed by atoms with E-state index in [4.69, 9.17) is 0 Å². The first-order valence-corrected chi connectivity index (χ1v) is 5.39. The molecule has 0 aromatic heterocycles. The monoisotopic (exact) mass is 199 g/mol. The van der Waals surface area contributed by atoms with Crippen LogP contribution in [0.4, 0.5) is 0 Å². The summed E-state index contributed by atoms with van der Waals surface area (Å²) in [5.41, 5.74) is -1.16. The summed E-state index contributed by atoms with van der Waals surface area (Å²) in [5.74, 6) is 0.344. The molecule has 2 N–H and O–H groups in total. The molecule has 1 amide bonds. The van der Waals surface area contributed by atoms with Gasteiger partial charge in [0.1, 0.15) is 5.60 Å². The third-order valence-electron chi connectivity index (χ3n) is 3.19. The van der Waals surface area contributed by atoms with Gasteiger partial charge in [0.15, 0.2) is 0 Å². The van der Waals surface area contributed by atoms with E-state index >= 15 is 0 Å². The van der Waals surface area contributed by atoms with Crippen molar-refractivity contribution in [3.63, 3.8) is 0 Å². The zero-order chi connectivity index (χ0) is 10.9. The summed E-state index contributed by atoms with van der Waals surface area (Å²) in [7, 11) is 0. The molecule has 14 heavy (non-hydrogen) atoms. The number of carbonyl (C=O) groups is 1. The molecule has 1 rings (SSSR count). The Bertz CT molecular complexity index is 219. The van der Waals surface area contributed by atoms with Crippen LogP contribution in [0, 0.1) is 11.8 Å². The lowest BCUT2D eigenvalue weighted by Crippen LogP contribution is -2.50. The summed E-state index contributed by atoms with van der Waals surface area (Å²) in [5, 5.41) is 12.8. The normalized spacial score (nSPS) is 23.0. The second-order valence-corrected chi connectivity index (χ2v) is 4.93. The van der Waals surface area contributed by atoms with Gasteiger partial charge in [-0.25, -0.2) is 0 Å². The molecular formula is C11H21NO2. The number of aliphatic hydroxyl groups is 1. The first kappa shape index (κ1) is 11.5. The first-order valence-electron chi connectivity index (χ1n) is 5.39. The van der Waals surface area contributed by atoms with Crippen LogP contribution >= 0.6 is 0 Å². The molecule has 3 heteroatoms. The highest BCUT2D eigenvalue weighted by atomic mass is 16.3. The molecule has 82 valence electrons. The van der Waals surface area contributed by atoms with Crippen molar-refractivity contribution in [1.82, 2.24) is 5.32 Å². The Morgan fingerprint density at radius 1 is 1.43 bits per heavy atom. The minimum absolute atomic E-state index is 0.118. The second kappa shape index (κ2) is 3.89. The van der Waals surface area contributed by atoms with E-state index in [-0.39, 0.29) is 17.9 Å². The molecule has 0 heterocycles. The van der Waals surface area contributed by atoms with Gasteiger partial charge in [-0.3, -0.25) is 4.79 Å². The minimum Gasteiger partial charge on any atom is -0.380 e. The Morgan fingerprint density at radius 2 is 1.93 bits per heavy atom. The van der Waals surface area contributed by atoms with Crippen molar-refractivity contribution in [3.05, 3.63) is 0 Å². The molecule has 0 spiro atoms. The van der Waals surface area contributed by atoms with E-state index in [0.717, 1.165) is 12.8 Å². The summed E-state index contributed by atoms with van der Waals surface area (Å²) >= 11 is 0. The number of carbonyl (C=O) groups excluding carboxylic acids is 1. The summed E-state index contributed by atoms with van der Waals surface area (Å²) < 4.78 is 0. The molecule has 0 bridgehead atoms. The second-order valence-electron chi connectivity index (χ2n) is 4.93. The topological polar surface area (TPSA) is 49.3 Å².